The predicted octanol–water partition coefficient (Wildman–Crippen LogP) is 3.04. The van der Waals surface area contributed by atoms with Crippen molar-refractivity contribution in [3.8, 4) is 10.6 Å². The number of aromatic nitrogens is 1. The van der Waals surface area contributed by atoms with E-state index in [1.165, 1.54) is 10.5 Å². The Morgan fingerprint density at radius 3 is 2.58 bits per heavy atom. The van der Waals surface area contributed by atoms with Crippen LogP contribution >= 0.6 is 22.9 Å². The molecule has 0 saturated heterocycles. The number of halogens is 1. The number of quaternary nitrogens is 1. The number of amides is 1. The quantitative estimate of drug-likeness (QED) is 0.684. The number of benzene rings is 2. The Morgan fingerprint density at radius 2 is 1.88 bits per heavy atom. The van der Waals surface area contributed by atoms with Crippen molar-refractivity contribution in [3.63, 3.8) is 0 Å². The van der Waals surface area contributed by atoms with E-state index in [1.54, 1.807) is 18.4 Å². The molecular formula is C20H21ClN3OS+. The molecule has 134 valence electrons. The van der Waals surface area contributed by atoms with Crippen molar-refractivity contribution < 1.29 is 9.69 Å². The first-order valence-electron chi connectivity index (χ1n) is 8.38. The van der Waals surface area contributed by atoms with Crippen molar-refractivity contribution in [3.05, 3.63) is 75.8 Å². The molecule has 0 radical (unpaired) electrons. The average molecular weight is 387 g/mol. The summed E-state index contributed by atoms with van der Waals surface area (Å²) in [5.41, 5.74) is 3.91. The number of nitrogens with one attached hydrogen (secondary N) is 2. The number of hydrogen-bond donors (Lipinski definition) is 2. The van der Waals surface area contributed by atoms with Gasteiger partial charge in [-0.1, -0.05) is 41.9 Å². The van der Waals surface area contributed by atoms with Gasteiger partial charge in [-0.15, -0.1) is 11.3 Å². The van der Waals surface area contributed by atoms with Gasteiger partial charge in [0, 0.05) is 29.1 Å². The topological polar surface area (TPSA) is 46.4 Å². The summed E-state index contributed by atoms with van der Waals surface area (Å²) in [5, 5.41) is 6.41. The molecular weight excluding hydrogens is 366 g/mol. The minimum absolute atomic E-state index is 0.0631. The fourth-order valence-electron chi connectivity index (χ4n) is 2.78. The van der Waals surface area contributed by atoms with E-state index in [0.717, 1.165) is 34.4 Å². The number of hydrogen-bond acceptors (Lipinski definition) is 3. The highest BCUT2D eigenvalue weighted by molar-refractivity contribution is 7.13. The van der Waals surface area contributed by atoms with Crippen molar-refractivity contribution in [2.24, 2.45) is 0 Å². The van der Waals surface area contributed by atoms with Gasteiger partial charge < -0.3 is 10.2 Å². The fourth-order valence-corrected chi connectivity index (χ4v) is 3.92. The Hall–Kier alpha value is -2.21. The summed E-state index contributed by atoms with van der Waals surface area (Å²) in [7, 11) is 3.78. The Kier molecular flexibility index (Phi) is 6.04. The van der Waals surface area contributed by atoms with E-state index in [0.29, 0.717) is 5.56 Å². The summed E-state index contributed by atoms with van der Waals surface area (Å²) in [5.74, 6) is -0.0631. The molecule has 2 aromatic carbocycles. The minimum Gasteiger partial charge on any atom is -0.355 e. The van der Waals surface area contributed by atoms with Crippen LogP contribution in [-0.2, 0) is 13.1 Å². The summed E-state index contributed by atoms with van der Waals surface area (Å²) in [4.78, 5) is 17.7. The third kappa shape index (κ3) is 4.49. The van der Waals surface area contributed by atoms with E-state index >= 15 is 0 Å². The van der Waals surface area contributed by atoms with Gasteiger partial charge in [0.15, 0.2) is 0 Å². The molecule has 3 rings (SSSR count). The molecule has 0 aliphatic heterocycles. The predicted molar refractivity (Wildman–Crippen MR) is 107 cm³/mol. The van der Waals surface area contributed by atoms with Crippen molar-refractivity contribution in [2.45, 2.75) is 13.1 Å². The molecule has 0 aliphatic rings. The van der Waals surface area contributed by atoms with Crippen molar-refractivity contribution in [1.82, 2.24) is 10.3 Å². The van der Waals surface area contributed by atoms with Crippen LogP contribution in [-0.4, -0.2) is 25.0 Å². The lowest BCUT2D eigenvalue weighted by atomic mass is 10.1. The highest BCUT2D eigenvalue weighted by atomic mass is 35.5. The molecule has 2 N–H and O–H groups in total. The molecule has 26 heavy (non-hydrogen) atoms. The summed E-state index contributed by atoms with van der Waals surface area (Å²) >= 11 is 7.88. The van der Waals surface area contributed by atoms with Gasteiger partial charge in [0.2, 0.25) is 0 Å². The number of nitrogens with zero attached hydrogens (tertiary/aromatic N) is 1. The second-order valence-electron chi connectivity index (χ2n) is 6.21. The Balaban J connectivity index is 1.63. The van der Waals surface area contributed by atoms with Crippen LogP contribution in [0.2, 0.25) is 5.02 Å². The van der Waals surface area contributed by atoms with E-state index < -0.39 is 0 Å². The SMILES string of the molecule is CNC(=O)c1ccc(C[NH+](C)Cc2csc(-c3ccccc3Cl)n2)cc1. The van der Waals surface area contributed by atoms with Gasteiger partial charge in [0.1, 0.15) is 23.8 Å². The molecule has 6 heteroatoms. The Morgan fingerprint density at radius 1 is 1.15 bits per heavy atom. The first-order chi connectivity index (χ1) is 12.6. The normalized spacial score (nSPS) is 12.0. The van der Waals surface area contributed by atoms with Crippen LogP contribution in [0.4, 0.5) is 0 Å². The van der Waals surface area contributed by atoms with Gasteiger partial charge >= 0.3 is 0 Å². The molecule has 1 aromatic heterocycles. The molecule has 3 aromatic rings. The average Bonchev–Trinajstić information content (AvgIpc) is 3.10. The maximum atomic E-state index is 11.6. The van der Waals surface area contributed by atoms with Gasteiger partial charge in [0.05, 0.1) is 12.1 Å². The van der Waals surface area contributed by atoms with Gasteiger partial charge in [-0.05, 0) is 18.2 Å². The van der Waals surface area contributed by atoms with E-state index in [9.17, 15) is 4.79 Å². The van der Waals surface area contributed by atoms with E-state index in [-0.39, 0.29) is 5.91 Å². The molecule has 0 saturated carbocycles. The van der Waals surface area contributed by atoms with Crippen molar-refractivity contribution >= 4 is 28.8 Å². The molecule has 1 atom stereocenters. The molecule has 0 bridgehead atoms. The van der Waals surface area contributed by atoms with Crippen LogP contribution in [0.3, 0.4) is 0 Å². The summed E-state index contributed by atoms with van der Waals surface area (Å²) in [6.45, 7) is 1.70. The lowest BCUT2D eigenvalue weighted by molar-refractivity contribution is -0.908. The lowest BCUT2D eigenvalue weighted by Gasteiger charge is -2.13. The number of carbonyl (C=O) groups is 1. The second-order valence-corrected chi connectivity index (χ2v) is 7.48. The fraction of sp³-hybridized carbons (Fsp3) is 0.200. The summed E-state index contributed by atoms with van der Waals surface area (Å²) in [6, 6.07) is 15.5. The maximum Gasteiger partial charge on any atom is 0.251 e. The van der Waals surface area contributed by atoms with Crippen LogP contribution in [0.5, 0.6) is 0 Å². The van der Waals surface area contributed by atoms with Gasteiger partial charge in [-0.25, -0.2) is 4.98 Å². The van der Waals surface area contributed by atoms with Crippen LogP contribution in [0.1, 0.15) is 21.6 Å². The number of rotatable bonds is 6. The van der Waals surface area contributed by atoms with Gasteiger partial charge in [-0.2, -0.15) is 0 Å². The first-order valence-corrected chi connectivity index (χ1v) is 9.64. The standard InChI is InChI=1S/C20H20ClN3OS/c1-22-19(25)15-9-7-14(8-10-15)11-24(2)12-16-13-26-20(23-16)17-5-3-4-6-18(17)21/h3-10,13H,11-12H2,1-2H3,(H,22,25)/p+1. The Labute approximate surface area is 162 Å². The molecule has 0 aliphatic carbocycles. The molecule has 1 amide bonds. The third-order valence-corrected chi connectivity index (χ3v) is 5.34. The highest BCUT2D eigenvalue weighted by Gasteiger charge is 2.12. The molecule has 4 nitrogen and oxygen atoms in total. The van der Waals surface area contributed by atoms with Gasteiger partial charge in [0.25, 0.3) is 5.91 Å². The van der Waals surface area contributed by atoms with Crippen LogP contribution < -0.4 is 10.2 Å². The lowest BCUT2D eigenvalue weighted by Crippen LogP contribution is -3.06. The first kappa shape index (κ1) is 18.6. The summed E-state index contributed by atoms with van der Waals surface area (Å²) in [6.07, 6.45) is 0. The third-order valence-electron chi connectivity index (χ3n) is 4.09. The smallest absolute Gasteiger partial charge is 0.251 e. The van der Waals surface area contributed by atoms with Crippen LogP contribution in [0.15, 0.2) is 53.9 Å². The van der Waals surface area contributed by atoms with Gasteiger partial charge in [-0.3, -0.25) is 4.79 Å². The highest BCUT2D eigenvalue weighted by Crippen LogP contribution is 2.29. The Bertz CT molecular complexity index is 892. The number of thiazole rings is 1. The molecule has 0 spiro atoms. The van der Waals surface area contributed by atoms with Crippen LogP contribution in [0, 0.1) is 0 Å². The monoisotopic (exact) mass is 386 g/mol. The zero-order valence-corrected chi connectivity index (χ0v) is 16.3. The second kappa shape index (κ2) is 8.45. The van der Waals surface area contributed by atoms with E-state index in [1.807, 2.05) is 48.5 Å². The summed E-state index contributed by atoms with van der Waals surface area (Å²) < 4.78 is 0. The van der Waals surface area contributed by atoms with Crippen LogP contribution in [0.25, 0.3) is 10.6 Å². The molecule has 1 heterocycles. The maximum absolute atomic E-state index is 11.6. The largest absolute Gasteiger partial charge is 0.355 e. The zero-order chi connectivity index (χ0) is 18.5. The zero-order valence-electron chi connectivity index (χ0n) is 14.8. The van der Waals surface area contributed by atoms with Crippen molar-refractivity contribution in [1.29, 1.82) is 0 Å². The molecule has 0 fully saturated rings. The van der Waals surface area contributed by atoms with E-state index in [4.69, 9.17) is 16.6 Å². The van der Waals surface area contributed by atoms with Crippen molar-refractivity contribution in [2.75, 3.05) is 14.1 Å². The van der Waals surface area contributed by atoms with E-state index in [2.05, 4.69) is 17.7 Å². The minimum atomic E-state index is -0.0631. The molecule has 1 unspecified atom stereocenters. The number of carbonyl (C=O) groups excluding carboxylic acids is 1.